The summed E-state index contributed by atoms with van der Waals surface area (Å²) in [4.78, 5) is 11.7. The maximum Gasteiger partial charge on any atom is 0.150 e. The highest BCUT2D eigenvalue weighted by molar-refractivity contribution is 6.30. The van der Waals surface area contributed by atoms with Gasteiger partial charge in [-0.3, -0.25) is 4.79 Å². The van der Waals surface area contributed by atoms with E-state index in [9.17, 15) is 4.79 Å². The van der Waals surface area contributed by atoms with Gasteiger partial charge in [0.15, 0.2) is 0 Å². The van der Waals surface area contributed by atoms with Gasteiger partial charge in [0.25, 0.3) is 0 Å². The Labute approximate surface area is 152 Å². The van der Waals surface area contributed by atoms with Gasteiger partial charge in [-0.15, -0.1) is 0 Å². The molecule has 0 aliphatic heterocycles. The molecule has 0 aliphatic rings. The molecule has 0 fully saturated rings. The Morgan fingerprint density at radius 3 is 2.04 bits per heavy atom. The van der Waals surface area contributed by atoms with Crippen LogP contribution in [0.1, 0.15) is 17.2 Å². The summed E-state index contributed by atoms with van der Waals surface area (Å²) < 4.78 is 0. The van der Waals surface area contributed by atoms with Gasteiger partial charge in [0, 0.05) is 16.3 Å². The normalized spacial score (nSPS) is 12.4. The van der Waals surface area contributed by atoms with Crippen LogP contribution >= 0.6 is 11.6 Å². The molecule has 25 heavy (non-hydrogen) atoms. The third-order valence-electron chi connectivity index (χ3n) is 3.91. The fourth-order valence-corrected chi connectivity index (χ4v) is 2.75. The molecule has 0 amide bonds. The molecular formula is C22H18ClNO. The summed E-state index contributed by atoms with van der Waals surface area (Å²) in [5.41, 5.74) is 3.54. The molecule has 1 atom stereocenters. The summed E-state index contributed by atoms with van der Waals surface area (Å²) in [5, 5.41) is 4.13. The molecule has 0 radical (unpaired) electrons. The molecule has 124 valence electrons. The molecule has 0 spiro atoms. The minimum Gasteiger partial charge on any atom is -0.375 e. The first-order valence-electron chi connectivity index (χ1n) is 8.06. The van der Waals surface area contributed by atoms with Crippen molar-refractivity contribution in [2.75, 3.05) is 5.32 Å². The van der Waals surface area contributed by atoms with Crippen LogP contribution in [0.4, 0.5) is 5.69 Å². The van der Waals surface area contributed by atoms with Crippen molar-refractivity contribution in [3.8, 4) is 0 Å². The number of hydrogen-bond donors (Lipinski definition) is 1. The third kappa shape index (κ3) is 4.59. The molecule has 0 saturated heterocycles. The lowest BCUT2D eigenvalue weighted by atomic mass is 10.00. The number of nitrogens with one attached hydrogen (secondary N) is 1. The minimum atomic E-state index is -0.125. The SMILES string of the molecule is O=C/C(=C\C(Nc1ccccc1)c1ccccc1)c1ccc(Cl)cc1. The van der Waals surface area contributed by atoms with Crippen molar-refractivity contribution in [2.24, 2.45) is 0 Å². The van der Waals surface area contributed by atoms with Gasteiger partial charge in [-0.1, -0.05) is 72.3 Å². The topological polar surface area (TPSA) is 29.1 Å². The smallest absolute Gasteiger partial charge is 0.150 e. The van der Waals surface area contributed by atoms with Crippen LogP contribution in [-0.4, -0.2) is 6.29 Å². The van der Waals surface area contributed by atoms with Gasteiger partial charge >= 0.3 is 0 Å². The second kappa shape index (κ2) is 8.32. The zero-order chi connectivity index (χ0) is 17.5. The Balaban J connectivity index is 1.97. The predicted molar refractivity (Wildman–Crippen MR) is 105 cm³/mol. The van der Waals surface area contributed by atoms with Crippen molar-refractivity contribution < 1.29 is 4.79 Å². The number of benzene rings is 3. The van der Waals surface area contributed by atoms with Crippen LogP contribution in [0.2, 0.25) is 5.02 Å². The number of para-hydroxylation sites is 1. The van der Waals surface area contributed by atoms with Gasteiger partial charge in [-0.2, -0.15) is 0 Å². The monoisotopic (exact) mass is 347 g/mol. The Hall–Kier alpha value is -2.84. The van der Waals surface area contributed by atoms with E-state index in [2.05, 4.69) is 5.32 Å². The maximum absolute atomic E-state index is 11.7. The third-order valence-corrected chi connectivity index (χ3v) is 4.16. The fraction of sp³-hybridized carbons (Fsp3) is 0.0455. The fourth-order valence-electron chi connectivity index (χ4n) is 2.62. The number of anilines is 1. The first-order chi connectivity index (χ1) is 12.3. The zero-order valence-corrected chi connectivity index (χ0v) is 14.4. The summed E-state index contributed by atoms with van der Waals surface area (Å²) in [6, 6.07) is 27.2. The lowest BCUT2D eigenvalue weighted by Crippen LogP contribution is -2.09. The number of rotatable bonds is 6. The van der Waals surface area contributed by atoms with E-state index in [-0.39, 0.29) is 6.04 Å². The lowest BCUT2D eigenvalue weighted by molar-refractivity contribution is -0.103. The van der Waals surface area contributed by atoms with Gasteiger partial charge in [-0.05, 0) is 41.5 Å². The molecule has 1 unspecified atom stereocenters. The lowest BCUT2D eigenvalue weighted by Gasteiger charge is -2.18. The Morgan fingerprint density at radius 1 is 0.840 bits per heavy atom. The summed E-state index contributed by atoms with van der Waals surface area (Å²) in [5.74, 6) is 0. The van der Waals surface area contributed by atoms with Crippen LogP contribution < -0.4 is 5.32 Å². The molecule has 3 rings (SSSR count). The highest BCUT2D eigenvalue weighted by Crippen LogP contribution is 2.25. The molecule has 3 aromatic rings. The highest BCUT2D eigenvalue weighted by atomic mass is 35.5. The van der Waals surface area contributed by atoms with Gasteiger partial charge in [0.05, 0.1) is 6.04 Å². The number of aldehydes is 1. The van der Waals surface area contributed by atoms with Gasteiger partial charge in [0.1, 0.15) is 6.29 Å². The zero-order valence-electron chi connectivity index (χ0n) is 13.6. The summed E-state index contributed by atoms with van der Waals surface area (Å²) in [6.07, 6.45) is 2.82. The van der Waals surface area contributed by atoms with Crippen molar-refractivity contribution in [1.29, 1.82) is 0 Å². The van der Waals surface area contributed by atoms with Crippen molar-refractivity contribution in [2.45, 2.75) is 6.04 Å². The Bertz CT molecular complexity index is 842. The number of carbonyl (C=O) groups excluding carboxylic acids is 1. The highest BCUT2D eigenvalue weighted by Gasteiger charge is 2.11. The summed E-state index contributed by atoms with van der Waals surface area (Å²) in [7, 11) is 0. The van der Waals surface area contributed by atoms with Gasteiger partial charge in [-0.25, -0.2) is 0 Å². The predicted octanol–water partition coefficient (Wildman–Crippen LogP) is 5.78. The molecule has 3 heteroatoms. The molecule has 3 aromatic carbocycles. The molecule has 1 N–H and O–H groups in total. The average Bonchev–Trinajstić information content (AvgIpc) is 2.67. The molecule has 2 nitrogen and oxygen atoms in total. The van der Waals surface area contributed by atoms with Crippen LogP contribution in [0.15, 0.2) is 91.0 Å². The van der Waals surface area contributed by atoms with Crippen LogP contribution in [-0.2, 0) is 4.79 Å². The first kappa shape index (κ1) is 17.0. The van der Waals surface area contributed by atoms with E-state index in [0.717, 1.165) is 23.1 Å². The molecular weight excluding hydrogens is 330 g/mol. The van der Waals surface area contributed by atoms with E-state index >= 15 is 0 Å². The van der Waals surface area contributed by atoms with Crippen LogP contribution in [0.5, 0.6) is 0 Å². The van der Waals surface area contributed by atoms with E-state index in [0.29, 0.717) is 10.6 Å². The largest absolute Gasteiger partial charge is 0.375 e. The number of halogens is 1. The Morgan fingerprint density at radius 2 is 1.44 bits per heavy atom. The van der Waals surface area contributed by atoms with Crippen LogP contribution in [0, 0.1) is 0 Å². The van der Waals surface area contributed by atoms with Crippen molar-refractivity contribution in [1.82, 2.24) is 0 Å². The van der Waals surface area contributed by atoms with Crippen LogP contribution in [0.3, 0.4) is 0 Å². The molecule has 0 aliphatic carbocycles. The van der Waals surface area contributed by atoms with Crippen molar-refractivity contribution >= 4 is 29.1 Å². The summed E-state index contributed by atoms with van der Waals surface area (Å²) >= 11 is 5.95. The van der Waals surface area contributed by atoms with Crippen LogP contribution in [0.25, 0.3) is 5.57 Å². The van der Waals surface area contributed by atoms with Gasteiger partial charge < -0.3 is 5.32 Å². The second-order valence-corrected chi connectivity index (χ2v) is 6.08. The number of hydrogen-bond acceptors (Lipinski definition) is 2. The molecule has 0 bridgehead atoms. The van der Waals surface area contributed by atoms with E-state index in [1.807, 2.05) is 78.9 Å². The van der Waals surface area contributed by atoms with E-state index in [1.165, 1.54) is 0 Å². The maximum atomic E-state index is 11.7. The van der Waals surface area contributed by atoms with Crippen molar-refractivity contribution in [3.63, 3.8) is 0 Å². The minimum absolute atomic E-state index is 0.125. The molecule has 0 heterocycles. The second-order valence-electron chi connectivity index (χ2n) is 5.65. The average molecular weight is 348 g/mol. The number of allylic oxidation sites excluding steroid dienone is 1. The quantitative estimate of drug-likeness (QED) is 0.452. The van der Waals surface area contributed by atoms with E-state index in [4.69, 9.17) is 11.6 Å². The van der Waals surface area contributed by atoms with Crippen molar-refractivity contribution in [3.05, 3.63) is 107 Å². The van der Waals surface area contributed by atoms with E-state index < -0.39 is 0 Å². The number of carbonyl (C=O) groups is 1. The summed E-state index contributed by atoms with van der Waals surface area (Å²) in [6.45, 7) is 0. The molecule has 0 saturated carbocycles. The van der Waals surface area contributed by atoms with E-state index in [1.54, 1.807) is 12.1 Å². The van der Waals surface area contributed by atoms with Gasteiger partial charge in [0.2, 0.25) is 0 Å². The Kier molecular flexibility index (Phi) is 5.65. The first-order valence-corrected chi connectivity index (χ1v) is 8.43. The standard InChI is InChI=1S/C22H18ClNO/c23-20-13-11-17(12-14-20)19(16-25)15-22(18-7-3-1-4-8-18)24-21-9-5-2-6-10-21/h1-16,22,24H/b19-15+. The molecule has 0 aromatic heterocycles.